The summed E-state index contributed by atoms with van der Waals surface area (Å²) in [4.78, 5) is 16.2. The van der Waals surface area contributed by atoms with Gasteiger partial charge in [0.05, 0.1) is 11.3 Å². The zero-order valence-corrected chi connectivity index (χ0v) is 13.2. The highest BCUT2D eigenvalue weighted by Gasteiger charge is 2.14. The van der Waals surface area contributed by atoms with E-state index in [0.29, 0.717) is 10.8 Å². The topological polar surface area (TPSA) is 77.2 Å². The molecule has 5 nitrogen and oxygen atoms in total. The van der Waals surface area contributed by atoms with Gasteiger partial charge in [-0.05, 0) is 32.9 Å². The number of ether oxygens (including phenoxy) is 1. The van der Waals surface area contributed by atoms with Gasteiger partial charge in [0, 0.05) is 16.6 Å². The summed E-state index contributed by atoms with van der Waals surface area (Å²) in [6.45, 7) is 5.72. The molecule has 6 heteroatoms. The minimum absolute atomic E-state index is 0.0106. The summed E-state index contributed by atoms with van der Waals surface area (Å²) in [5, 5.41) is 5.17. The van der Waals surface area contributed by atoms with E-state index in [1.807, 2.05) is 50.4 Å². The maximum absolute atomic E-state index is 11.8. The number of aromatic nitrogens is 1. The Labute approximate surface area is 128 Å². The molecule has 0 radical (unpaired) electrons. The molecule has 1 aromatic heterocycles. The standard InChI is InChI=1S/C15H19N3O2S/c1-15(2,3)20-8-13(19)18-14-17-12(9-21-14)10-5-4-6-11(16)7-10/h4-7,9H,8,16H2,1-3H3,(H,17,18,19). The Kier molecular flexibility index (Phi) is 4.59. The van der Waals surface area contributed by atoms with E-state index in [-0.39, 0.29) is 18.1 Å². The van der Waals surface area contributed by atoms with Crippen LogP contribution in [0.2, 0.25) is 0 Å². The van der Waals surface area contributed by atoms with E-state index in [0.717, 1.165) is 11.3 Å². The Morgan fingerprint density at radius 2 is 2.19 bits per heavy atom. The van der Waals surface area contributed by atoms with E-state index in [1.54, 1.807) is 0 Å². The predicted molar refractivity (Wildman–Crippen MR) is 86.3 cm³/mol. The van der Waals surface area contributed by atoms with Gasteiger partial charge in [-0.3, -0.25) is 10.1 Å². The summed E-state index contributed by atoms with van der Waals surface area (Å²) in [6.07, 6.45) is 0. The molecule has 2 rings (SSSR count). The van der Waals surface area contributed by atoms with Gasteiger partial charge in [-0.15, -0.1) is 11.3 Å². The van der Waals surface area contributed by atoms with Crippen LogP contribution in [-0.2, 0) is 9.53 Å². The number of nitrogens with two attached hydrogens (primary N) is 1. The van der Waals surface area contributed by atoms with Crippen molar-refractivity contribution in [1.29, 1.82) is 0 Å². The first kappa shape index (κ1) is 15.5. The Morgan fingerprint density at radius 3 is 2.86 bits per heavy atom. The van der Waals surface area contributed by atoms with Crippen LogP contribution in [0.5, 0.6) is 0 Å². The van der Waals surface area contributed by atoms with E-state index in [4.69, 9.17) is 10.5 Å². The Morgan fingerprint density at radius 1 is 1.43 bits per heavy atom. The lowest BCUT2D eigenvalue weighted by Gasteiger charge is -2.18. The molecule has 21 heavy (non-hydrogen) atoms. The monoisotopic (exact) mass is 305 g/mol. The molecular weight excluding hydrogens is 286 g/mol. The fraction of sp³-hybridized carbons (Fsp3) is 0.333. The highest BCUT2D eigenvalue weighted by molar-refractivity contribution is 7.14. The molecule has 0 unspecified atom stereocenters. The van der Waals surface area contributed by atoms with Crippen molar-refractivity contribution in [2.45, 2.75) is 26.4 Å². The lowest BCUT2D eigenvalue weighted by Crippen LogP contribution is -2.27. The molecule has 1 amide bonds. The number of nitrogens with one attached hydrogen (secondary N) is 1. The molecule has 1 aromatic carbocycles. The molecule has 2 aromatic rings. The first-order chi connectivity index (χ1) is 9.83. The summed E-state index contributed by atoms with van der Waals surface area (Å²) >= 11 is 1.37. The number of carbonyl (C=O) groups excluding carboxylic acids is 1. The molecule has 1 heterocycles. The number of hydrogen-bond donors (Lipinski definition) is 2. The molecule has 0 spiro atoms. The second-order valence-electron chi connectivity index (χ2n) is 5.61. The Bertz CT molecular complexity index is 632. The minimum atomic E-state index is -0.340. The zero-order chi connectivity index (χ0) is 15.5. The van der Waals surface area contributed by atoms with Crippen molar-refractivity contribution < 1.29 is 9.53 Å². The summed E-state index contributed by atoms with van der Waals surface area (Å²) in [6, 6.07) is 7.48. The number of nitrogens with zero attached hydrogens (tertiary/aromatic N) is 1. The molecule has 0 saturated carbocycles. The maximum Gasteiger partial charge on any atom is 0.252 e. The molecular formula is C15H19N3O2S. The summed E-state index contributed by atoms with van der Waals surface area (Å²) in [5.74, 6) is -0.210. The molecule has 0 saturated heterocycles. The number of thiazole rings is 1. The molecule has 3 N–H and O–H groups in total. The van der Waals surface area contributed by atoms with E-state index in [9.17, 15) is 4.79 Å². The second kappa shape index (κ2) is 6.24. The molecule has 0 bridgehead atoms. The van der Waals surface area contributed by atoms with Crippen LogP contribution in [0, 0.1) is 0 Å². The van der Waals surface area contributed by atoms with Gasteiger partial charge in [0.25, 0.3) is 5.91 Å². The van der Waals surface area contributed by atoms with Crippen molar-refractivity contribution in [3.63, 3.8) is 0 Å². The smallest absolute Gasteiger partial charge is 0.252 e. The molecule has 0 aliphatic heterocycles. The van der Waals surface area contributed by atoms with Crippen LogP contribution in [0.1, 0.15) is 20.8 Å². The number of anilines is 2. The zero-order valence-electron chi connectivity index (χ0n) is 12.3. The minimum Gasteiger partial charge on any atom is -0.399 e. The van der Waals surface area contributed by atoms with Crippen LogP contribution >= 0.6 is 11.3 Å². The largest absolute Gasteiger partial charge is 0.399 e. The number of nitrogen functional groups attached to an aromatic ring is 1. The van der Waals surface area contributed by atoms with E-state index >= 15 is 0 Å². The van der Waals surface area contributed by atoms with Crippen LogP contribution in [-0.4, -0.2) is 23.1 Å². The molecule has 0 atom stereocenters. The molecule has 0 fully saturated rings. The third kappa shape index (κ3) is 4.84. The first-order valence-corrected chi connectivity index (χ1v) is 7.47. The normalized spacial score (nSPS) is 11.4. The van der Waals surface area contributed by atoms with Gasteiger partial charge in [0.2, 0.25) is 0 Å². The van der Waals surface area contributed by atoms with Crippen molar-refractivity contribution in [3.8, 4) is 11.3 Å². The fourth-order valence-electron chi connectivity index (χ4n) is 1.60. The van der Waals surface area contributed by atoms with Crippen molar-refractivity contribution in [2.24, 2.45) is 0 Å². The molecule has 0 aliphatic rings. The van der Waals surface area contributed by atoms with E-state index in [2.05, 4.69) is 10.3 Å². The highest BCUT2D eigenvalue weighted by atomic mass is 32.1. The van der Waals surface area contributed by atoms with Gasteiger partial charge >= 0.3 is 0 Å². The van der Waals surface area contributed by atoms with Gasteiger partial charge in [-0.1, -0.05) is 12.1 Å². The highest BCUT2D eigenvalue weighted by Crippen LogP contribution is 2.26. The van der Waals surface area contributed by atoms with E-state index < -0.39 is 0 Å². The van der Waals surface area contributed by atoms with E-state index in [1.165, 1.54) is 11.3 Å². The quantitative estimate of drug-likeness (QED) is 0.851. The lowest BCUT2D eigenvalue weighted by atomic mass is 10.1. The molecule has 112 valence electrons. The predicted octanol–water partition coefficient (Wildman–Crippen LogP) is 3.15. The second-order valence-corrected chi connectivity index (χ2v) is 6.47. The first-order valence-electron chi connectivity index (χ1n) is 6.59. The van der Waals surface area contributed by atoms with Crippen LogP contribution < -0.4 is 11.1 Å². The van der Waals surface area contributed by atoms with Crippen LogP contribution in [0.25, 0.3) is 11.3 Å². The lowest BCUT2D eigenvalue weighted by molar-refractivity contribution is -0.125. The number of hydrogen-bond acceptors (Lipinski definition) is 5. The van der Waals surface area contributed by atoms with Crippen molar-refractivity contribution in [3.05, 3.63) is 29.6 Å². The Hall–Kier alpha value is -1.92. The molecule has 0 aliphatic carbocycles. The van der Waals surface area contributed by atoms with Gasteiger partial charge in [-0.25, -0.2) is 4.98 Å². The van der Waals surface area contributed by atoms with Crippen molar-refractivity contribution in [2.75, 3.05) is 17.7 Å². The SMILES string of the molecule is CC(C)(C)OCC(=O)Nc1nc(-c2cccc(N)c2)cs1. The van der Waals surface area contributed by atoms with Gasteiger partial charge in [0.1, 0.15) is 6.61 Å². The summed E-state index contributed by atoms with van der Waals surface area (Å²) in [5.41, 5.74) is 7.82. The van der Waals surface area contributed by atoms with Gasteiger partial charge in [-0.2, -0.15) is 0 Å². The average molecular weight is 305 g/mol. The maximum atomic E-state index is 11.8. The van der Waals surface area contributed by atoms with Crippen LogP contribution in [0.15, 0.2) is 29.6 Å². The third-order valence-corrected chi connectivity index (χ3v) is 3.33. The number of rotatable bonds is 4. The summed E-state index contributed by atoms with van der Waals surface area (Å²) < 4.78 is 5.42. The van der Waals surface area contributed by atoms with Crippen molar-refractivity contribution >= 4 is 28.1 Å². The van der Waals surface area contributed by atoms with Crippen LogP contribution in [0.3, 0.4) is 0 Å². The number of carbonyl (C=O) groups is 1. The third-order valence-electron chi connectivity index (χ3n) is 2.57. The van der Waals surface area contributed by atoms with Gasteiger partial charge in [0.15, 0.2) is 5.13 Å². The Balaban J connectivity index is 1.99. The average Bonchev–Trinajstić information content (AvgIpc) is 2.84. The summed E-state index contributed by atoms with van der Waals surface area (Å²) in [7, 11) is 0. The fourth-order valence-corrected chi connectivity index (χ4v) is 2.34. The number of benzene rings is 1. The number of amides is 1. The van der Waals surface area contributed by atoms with Crippen molar-refractivity contribution in [1.82, 2.24) is 4.98 Å². The van der Waals surface area contributed by atoms with Crippen LogP contribution in [0.4, 0.5) is 10.8 Å². The van der Waals surface area contributed by atoms with Gasteiger partial charge < -0.3 is 10.5 Å².